The highest BCUT2D eigenvalue weighted by atomic mass is 16.5. The Hall–Kier alpha value is -0.610. The first-order valence-corrected chi connectivity index (χ1v) is 6.42. The molecule has 0 bridgehead atoms. The summed E-state index contributed by atoms with van der Waals surface area (Å²) in [5.74, 6) is 0.117. The monoisotopic (exact) mass is 226 g/mol. The molecule has 92 valence electrons. The molecular formula is C12H22N2O2. The minimum Gasteiger partial charge on any atom is -0.376 e. The van der Waals surface area contributed by atoms with Crippen LogP contribution in [0, 0.1) is 0 Å². The van der Waals surface area contributed by atoms with Gasteiger partial charge in [-0.1, -0.05) is 12.8 Å². The number of hydrogen-bond acceptors (Lipinski definition) is 3. The zero-order valence-corrected chi connectivity index (χ0v) is 9.78. The molecule has 0 aromatic rings. The largest absolute Gasteiger partial charge is 0.376 e. The van der Waals surface area contributed by atoms with Crippen LogP contribution in [0.1, 0.15) is 44.9 Å². The predicted molar refractivity (Wildman–Crippen MR) is 62.0 cm³/mol. The van der Waals surface area contributed by atoms with Crippen molar-refractivity contribution in [3.05, 3.63) is 0 Å². The highest BCUT2D eigenvalue weighted by molar-refractivity contribution is 5.76. The van der Waals surface area contributed by atoms with Crippen LogP contribution in [0.3, 0.4) is 0 Å². The van der Waals surface area contributed by atoms with Gasteiger partial charge in [-0.2, -0.15) is 0 Å². The molecule has 16 heavy (non-hydrogen) atoms. The van der Waals surface area contributed by atoms with Crippen molar-refractivity contribution in [3.8, 4) is 0 Å². The van der Waals surface area contributed by atoms with E-state index in [2.05, 4.69) is 5.32 Å². The lowest BCUT2D eigenvalue weighted by Gasteiger charge is -2.28. The van der Waals surface area contributed by atoms with Gasteiger partial charge in [0.1, 0.15) is 0 Å². The Bertz CT molecular complexity index is 241. The quantitative estimate of drug-likeness (QED) is 0.733. The second-order valence-corrected chi connectivity index (χ2v) is 4.95. The third-order valence-corrected chi connectivity index (χ3v) is 3.36. The van der Waals surface area contributed by atoms with Crippen molar-refractivity contribution in [2.45, 2.75) is 63.1 Å². The molecule has 4 nitrogen and oxygen atoms in total. The topological polar surface area (TPSA) is 64.3 Å². The van der Waals surface area contributed by atoms with E-state index in [1.807, 2.05) is 0 Å². The Morgan fingerprint density at radius 1 is 1.25 bits per heavy atom. The van der Waals surface area contributed by atoms with Crippen molar-refractivity contribution in [2.75, 3.05) is 6.61 Å². The molecule has 3 N–H and O–H groups in total. The number of nitrogens with one attached hydrogen (secondary N) is 1. The number of amides is 1. The number of carbonyl (C=O) groups excluding carboxylic acids is 1. The average molecular weight is 226 g/mol. The molecule has 0 radical (unpaired) electrons. The number of nitrogens with two attached hydrogens (primary N) is 1. The van der Waals surface area contributed by atoms with E-state index in [1.165, 1.54) is 12.8 Å². The van der Waals surface area contributed by atoms with Gasteiger partial charge in [-0.05, 0) is 25.7 Å². The summed E-state index contributed by atoms with van der Waals surface area (Å²) in [4.78, 5) is 11.4. The Labute approximate surface area is 96.9 Å². The second kappa shape index (κ2) is 5.64. The lowest BCUT2D eigenvalue weighted by Crippen LogP contribution is -2.40. The lowest BCUT2D eigenvalue weighted by atomic mass is 9.93. The normalized spacial score (nSPS) is 30.1. The molecule has 0 aromatic carbocycles. The van der Waals surface area contributed by atoms with Gasteiger partial charge < -0.3 is 15.8 Å². The molecule has 0 aliphatic heterocycles. The van der Waals surface area contributed by atoms with E-state index in [-0.39, 0.29) is 18.1 Å². The van der Waals surface area contributed by atoms with Gasteiger partial charge in [0.05, 0.1) is 12.7 Å². The predicted octanol–water partition coefficient (Wildman–Crippen LogP) is 0.942. The number of carbonyl (C=O) groups is 1. The van der Waals surface area contributed by atoms with Crippen molar-refractivity contribution in [2.24, 2.45) is 5.73 Å². The zero-order chi connectivity index (χ0) is 11.4. The molecular weight excluding hydrogens is 204 g/mol. The average Bonchev–Trinajstić information content (AvgIpc) is 3.05. The maximum Gasteiger partial charge on any atom is 0.222 e. The fourth-order valence-electron chi connectivity index (χ4n) is 2.16. The lowest BCUT2D eigenvalue weighted by molar-refractivity contribution is -0.123. The maximum absolute atomic E-state index is 11.4. The Balaban J connectivity index is 1.57. The SMILES string of the molecule is NC1CCCCC1OCCC(=O)NC1CC1. The van der Waals surface area contributed by atoms with Gasteiger partial charge in [0.2, 0.25) is 5.91 Å². The zero-order valence-electron chi connectivity index (χ0n) is 9.78. The van der Waals surface area contributed by atoms with Gasteiger partial charge in [0.15, 0.2) is 0 Å². The number of ether oxygens (including phenoxy) is 1. The van der Waals surface area contributed by atoms with Crippen LogP contribution < -0.4 is 11.1 Å². The molecule has 4 heteroatoms. The van der Waals surface area contributed by atoms with E-state index in [4.69, 9.17) is 10.5 Å². The van der Waals surface area contributed by atoms with Crippen molar-refractivity contribution in [1.29, 1.82) is 0 Å². The van der Waals surface area contributed by atoms with E-state index in [0.29, 0.717) is 19.1 Å². The van der Waals surface area contributed by atoms with Crippen LogP contribution in [0.2, 0.25) is 0 Å². The molecule has 2 aliphatic carbocycles. The van der Waals surface area contributed by atoms with Gasteiger partial charge in [-0.3, -0.25) is 4.79 Å². The van der Waals surface area contributed by atoms with Crippen LogP contribution in [0.25, 0.3) is 0 Å². The molecule has 0 aromatic heterocycles. The highest BCUT2D eigenvalue weighted by Gasteiger charge is 2.24. The summed E-state index contributed by atoms with van der Waals surface area (Å²) in [5.41, 5.74) is 5.96. The Morgan fingerprint density at radius 2 is 2.00 bits per heavy atom. The molecule has 2 atom stereocenters. The van der Waals surface area contributed by atoms with E-state index < -0.39 is 0 Å². The molecule has 0 heterocycles. The van der Waals surface area contributed by atoms with E-state index >= 15 is 0 Å². The minimum absolute atomic E-state index is 0.117. The third-order valence-electron chi connectivity index (χ3n) is 3.36. The van der Waals surface area contributed by atoms with E-state index in [9.17, 15) is 4.79 Å². The van der Waals surface area contributed by atoms with Gasteiger partial charge in [0.25, 0.3) is 0 Å². The summed E-state index contributed by atoms with van der Waals surface area (Å²) >= 11 is 0. The fourth-order valence-corrected chi connectivity index (χ4v) is 2.16. The summed E-state index contributed by atoms with van der Waals surface area (Å²) in [6, 6.07) is 0.615. The smallest absolute Gasteiger partial charge is 0.222 e. The summed E-state index contributed by atoms with van der Waals surface area (Å²) in [7, 11) is 0. The van der Waals surface area contributed by atoms with Crippen LogP contribution in [0.5, 0.6) is 0 Å². The van der Waals surface area contributed by atoms with Crippen LogP contribution in [-0.2, 0) is 9.53 Å². The van der Waals surface area contributed by atoms with Crippen molar-refractivity contribution >= 4 is 5.91 Å². The standard InChI is InChI=1S/C12H22N2O2/c13-10-3-1-2-4-11(10)16-8-7-12(15)14-9-5-6-9/h9-11H,1-8,13H2,(H,14,15). The first-order valence-electron chi connectivity index (χ1n) is 6.42. The molecule has 2 unspecified atom stereocenters. The fraction of sp³-hybridized carbons (Fsp3) is 0.917. The maximum atomic E-state index is 11.4. The van der Waals surface area contributed by atoms with Crippen molar-refractivity contribution in [3.63, 3.8) is 0 Å². The molecule has 0 spiro atoms. The Kier molecular flexibility index (Phi) is 4.18. The number of hydrogen-bond donors (Lipinski definition) is 2. The first kappa shape index (κ1) is 11.9. The third kappa shape index (κ3) is 3.76. The molecule has 2 saturated carbocycles. The highest BCUT2D eigenvalue weighted by Crippen LogP contribution is 2.20. The second-order valence-electron chi connectivity index (χ2n) is 4.95. The molecule has 2 rings (SSSR count). The van der Waals surface area contributed by atoms with Crippen LogP contribution in [0.15, 0.2) is 0 Å². The molecule has 2 fully saturated rings. The summed E-state index contributed by atoms with van der Waals surface area (Å²) in [6.45, 7) is 0.511. The van der Waals surface area contributed by atoms with E-state index in [0.717, 1.165) is 25.7 Å². The van der Waals surface area contributed by atoms with Crippen LogP contribution in [0.4, 0.5) is 0 Å². The van der Waals surface area contributed by atoms with Crippen molar-refractivity contribution in [1.82, 2.24) is 5.32 Å². The molecule has 1 amide bonds. The van der Waals surface area contributed by atoms with Gasteiger partial charge in [-0.15, -0.1) is 0 Å². The molecule has 0 saturated heterocycles. The van der Waals surface area contributed by atoms with E-state index in [1.54, 1.807) is 0 Å². The van der Waals surface area contributed by atoms with Crippen molar-refractivity contribution < 1.29 is 9.53 Å². The Morgan fingerprint density at radius 3 is 2.69 bits per heavy atom. The van der Waals surface area contributed by atoms with Gasteiger partial charge >= 0.3 is 0 Å². The number of rotatable bonds is 5. The summed E-state index contributed by atoms with van der Waals surface area (Å²) in [5, 5.41) is 2.95. The van der Waals surface area contributed by atoms with Gasteiger partial charge in [-0.25, -0.2) is 0 Å². The van der Waals surface area contributed by atoms with Crippen LogP contribution in [-0.4, -0.2) is 30.7 Å². The summed E-state index contributed by atoms with van der Waals surface area (Å²) < 4.78 is 5.68. The summed E-state index contributed by atoms with van der Waals surface area (Å²) in [6.07, 6.45) is 7.43. The van der Waals surface area contributed by atoms with Crippen LogP contribution >= 0.6 is 0 Å². The first-order chi connectivity index (χ1) is 7.75. The minimum atomic E-state index is 0.117. The molecule has 2 aliphatic rings. The van der Waals surface area contributed by atoms with Gasteiger partial charge in [0, 0.05) is 18.5 Å².